The highest BCUT2D eigenvalue weighted by Crippen LogP contribution is 2.31. The molecule has 5 nitrogen and oxygen atoms in total. The number of carbonyl (C=O) groups is 1. The van der Waals surface area contributed by atoms with Gasteiger partial charge in [-0.2, -0.15) is 0 Å². The van der Waals surface area contributed by atoms with Gasteiger partial charge in [0.05, 0.1) is 5.54 Å². The van der Waals surface area contributed by atoms with Gasteiger partial charge in [0, 0.05) is 25.8 Å². The molecule has 2 rings (SSSR count). The number of ether oxygens (including phenoxy) is 1. The lowest BCUT2D eigenvalue weighted by Gasteiger charge is -2.31. The zero-order valence-corrected chi connectivity index (χ0v) is 11.2. The molecule has 0 aromatic carbocycles. The minimum absolute atomic E-state index is 0.357. The van der Waals surface area contributed by atoms with Crippen LogP contribution in [0.15, 0.2) is 0 Å². The van der Waals surface area contributed by atoms with Gasteiger partial charge in [0.25, 0.3) is 0 Å². The van der Waals surface area contributed by atoms with Crippen LogP contribution in [0.3, 0.4) is 0 Å². The topological polar surface area (TPSA) is 81.6 Å². The van der Waals surface area contributed by atoms with Gasteiger partial charge in [-0.15, -0.1) is 0 Å². The van der Waals surface area contributed by atoms with Crippen LogP contribution in [0.25, 0.3) is 0 Å². The first-order valence-corrected chi connectivity index (χ1v) is 6.88. The lowest BCUT2D eigenvalue weighted by atomic mass is 9.97. The van der Waals surface area contributed by atoms with E-state index in [0.29, 0.717) is 24.8 Å². The number of amides is 1. The molecule has 1 amide bonds. The Labute approximate surface area is 109 Å². The van der Waals surface area contributed by atoms with E-state index >= 15 is 0 Å². The van der Waals surface area contributed by atoms with Gasteiger partial charge < -0.3 is 21.1 Å². The van der Waals surface area contributed by atoms with Crippen LogP contribution in [0.2, 0.25) is 0 Å². The maximum Gasteiger partial charge on any atom is 0.237 e. The Morgan fingerprint density at radius 1 is 1.39 bits per heavy atom. The summed E-state index contributed by atoms with van der Waals surface area (Å²) in [5, 5.41) is 0. The maximum absolute atomic E-state index is 11.3. The van der Waals surface area contributed by atoms with E-state index in [0.717, 1.165) is 39.0 Å². The van der Waals surface area contributed by atoms with Gasteiger partial charge in [0.15, 0.2) is 0 Å². The van der Waals surface area contributed by atoms with Crippen LogP contribution in [0.4, 0.5) is 0 Å². The van der Waals surface area contributed by atoms with E-state index in [-0.39, 0.29) is 5.91 Å². The second kappa shape index (κ2) is 5.55. The highest BCUT2D eigenvalue weighted by atomic mass is 16.5. The van der Waals surface area contributed by atoms with Gasteiger partial charge >= 0.3 is 0 Å². The van der Waals surface area contributed by atoms with E-state index < -0.39 is 5.54 Å². The van der Waals surface area contributed by atoms with E-state index in [1.165, 1.54) is 0 Å². The molecule has 18 heavy (non-hydrogen) atoms. The third-order valence-corrected chi connectivity index (χ3v) is 4.52. The number of primary amides is 1. The fourth-order valence-electron chi connectivity index (χ4n) is 3.13. The SMILES string of the molecule is CN(CC1CCOCC1)C1CCC(N)(C(N)=O)C1. The summed E-state index contributed by atoms with van der Waals surface area (Å²) < 4.78 is 5.37. The minimum atomic E-state index is -0.783. The molecular formula is C13H25N3O2. The Morgan fingerprint density at radius 2 is 2.06 bits per heavy atom. The standard InChI is InChI=1S/C13H25N3O2/c1-16(9-10-3-6-18-7-4-10)11-2-5-13(15,8-11)12(14)17/h10-11H,2-9,15H2,1H3,(H2,14,17). The largest absolute Gasteiger partial charge is 0.381 e. The monoisotopic (exact) mass is 255 g/mol. The van der Waals surface area contributed by atoms with E-state index in [9.17, 15) is 4.79 Å². The summed E-state index contributed by atoms with van der Waals surface area (Å²) in [6.45, 7) is 2.83. The van der Waals surface area contributed by atoms with Crippen molar-refractivity contribution >= 4 is 5.91 Å². The zero-order chi connectivity index (χ0) is 13.2. The molecule has 2 aliphatic rings. The van der Waals surface area contributed by atoms with Crippen molar-refractivity contribution in [3.05, 3.63) is 0 Å². The van der Waals surface area contributed by atoms with E-state index in [1.807, 2.05) is 0 Å². The van der Waals surface area contributed by atoms with Gasteiger partial charge in [-0.05, 0) is 45.1 Å². The van der Waals surface area contributed by atoms with Crippen LogP contribution < -0.4 is 11.5 Å². The second-order valence-corrected chi connectivity index (χ2v) is 5.91. The van der Waals surface area contributed by atoms with Crippen molar-refractivity contribution in [2.45, 2.75) is 43.7 Å². The lowest BCUT2D eigenvalue weighted by molar-refractivity contribution is -0.123. The average Bonchev–Trinajstić information content (AvgIpc) is 2.75. The van der Waals surface area contributed by atoms with Crippen LogP contribution in [0.1, 0.15) is 32.1 Å². The van der Waals surface area contributed by atoms with E-state index in [2.05, 4.69) is 11.9 Å². The fourth-order valence-corrected chi connectivity index (χ4v) is 3.13. The summed E-state index contributed by atoms with van der Waals surface area (Å²) in [6.07, 6.45) is 4.66. The van der Waals surface area contributed by atoms with Crippen LogP contribution >= 0.6 is 0 Å². The van der Waals surface area contributed by atoms with E-state index in [4.69, 9.17) is 16.2 Å². The quantitative estimate of drug-likeness (QED) is 0.745. The van der Waals surface area contributed by atoms with Crippen LogP contribution in [-0.2, 0) is 9.53 Å². The third-order valence-electron chi connectivity index (χ3n) is 4.52. The molecule has 0 bridgehead atoms. The molecule has 1 aliphatic heterocycles. The summed E-state index contributed by atoms with van der Waals surface area (Å²) in [6, 6.07) is 0.394. The highest BCUT2D eigenvalue weighted by Gasteiger charge is 2.42. The van der Waals surface area contributed by atoms with Crippen molar-refractivity contribution in [1.82, 2.24) is 4.90 Å². The second-order valence-electron chi connectivity index (χ2n) is 5.91. The number of rotatable bonds is 4. The number of nitrogens with two attached hydrogens (primary N) is 2. The summed E-state index contributed by atoms with van der Waals surface area (Å²) in [4.78, 5) is 13.7. The Kier molecular flexibility index (Phi) is 4.25. The number of carbonyl (C=O) groups excluding carboxylic acids is 1. The molecule has 1 aliphatic carbocycles. The summed E-state index contributed by atoms with van der Waals surface area (Å²) in [7, 11) is 2.13. The highest BCUT2D eigenvalue weighted by molar-refractivity contribution is 5.84. The van der Waals surface area contributed by atoms with Crippen molar-refractivity contribution < 1.29 is 9.53 Å². The molecule has 0 aromatic rings. The van der Waals surface area contributed by atoms with Gasteiger partial charge in [0.2, 0.25) is 5.91 Å². The van der Waals surface area contributed by atoms with Crippen molar-refractivity contribution in [3.63, 3.8) is 0 Å². The van der Waals surface area contributed by atoms with Crippen molar-refractivity contribution in [1.29, 1.82) is 0 Å². The molecule has 0 spiro atoms. The Morgan fingerprint density at radius 3 is 2.61 bits per heavy atom. The predicted molar refractivity (Wildman–Crippen MR) is 69.9 cm³/mol. The van der Waals surface area contributed by atoms with Crippen LogP contribution in [0.5, 0.6) is 0 Å². The first-order chi connectivity index (χ1) is 8.51. The molecule has 5 heteroatoms. The summed E-state index contributed by atoms with van der Waals surface area (Å²) in [5.74, 6) is 0.356. The van der Waals surface area contributed by atoms with Gasteiger partial charge in [0.1, 0.15) is 0 Å². The average molecular weight is 255 g/mol. The van der Waals surface area contributed by atoms with Crippen molar-refractivity contribution in [2.75, 3.05) is 26.8 Å². The van der Waals surface area contributed by atoms with Gasteiger partial charge in [-0.25, -0.2) is 0 Å². The first kappa shape index (κ1) is 13.8. The van der Waals surface area contributed by atoms with Gasteiger partial charge in [-0.1, -0.05) is 0 Å². The third kappa shape index (κ3) is 3.02. The van der Waals surface area contributed by atoms with Crippen LogP contribution in [-0.4, -0.2) is 49.2 Å². The molecule has 2 atom stereocenters. The first-order valence-electron chi connectivity index (χ1n) is 6.88. The lowest BCUT2D eigenvalue weighted by Crippen LogP contribution is -2.51. The molecule has 1 heterocycles. The molecule has 2 fully saturated rings. The summed E-state index contributed by atoms with van der Waals surface area (Å²) >= 11 is 0. The van der Waals surface area contributed by atoms with Crippen molar-refractivity contribution in [3.8, 4) is 0 Å². The molecule has 1 saturated heterocycles. The minimum Gasteiger partial charge on any atom is -0.381 e. The molecule has 0 radical (unpaired) electrons. The Bertz CT molecular complexity index is 305. The van der Waals surface area contributed by atoms with Gasteiger partial charge in [-0.3, -0.25) is 4.79 Å². The number of nitrogens with zero attached hydrogens (tertiary/aromatic N) is 1. The zero-order valence-electron chi connectivity index (χ0n) is 11.2. The Hall–Kier alpha value is -0.650. The predicted octanol–water partition coefficient (Wildman–Crippen LogP) is 0.0801. The fraction of sp³-hybridized carbons (Fsp3) is 0.923. The molecule has 1 saturated carbocycles. The molecule has 2 unspecified atom stereocenters. The summed E-state index contributed by atoms with van der Waals surface area (Å²) in [5.41, 5.74) is 10.6. The molecular weight excluding hydrogens is 230 g/mol. The van der Waals surface area contributed by atoms with Crippen LogP contribution in [0, 0.1) is 5.92 Å². The molecule has 104 valence electrons. The molecule has 0 aromatic heterocycles. The normalized spacial score (nSPS) is 34.1. The van der Waals surface area contributed by atoms with E-state index in [1.54, 1.807) is 0 Å². The maximum atomic E-state index is 11.3. The number of hydrogen-bond donors (Lipinski definition) is 2. The molecule has 4 N–H and O–H groups in total. The number of hydrogen-bond acceptors (Lipinski definition) is 4. The Balaban J connectivity index is 1.83. The van der Waals surface area contributed by atoms with Crippen molar-refractivity contribution in [2.24, 2.45) is 17.4 Å². The smallest absolute Gasteiger partial charge is 0.237 e.